The summed E-state index contributed by atoms with van der Waals surface area (Å²) in [6, 6.07) is 15.6. The number of alkyl halides is 3. The van der Waals surface area contributed by atoms with Gasteiger partial charge in [0.05, 0.1) is 11.1 Å². The van der Waals surface area contributed by atoms with Gasteiger partial charge in [-0.2, -0.15) is 18.4 Å². The Balaban J connectivity index is 1.94. The zero-order valence-electron chi connectivity index (χ0n) is 13.1. The van der Waals surface area contributed by atoms with Crippen molar-refractivity contribution in [3.05, 3.63) is 76.9 Å². The predicted molar refractivity (Wildman–Crippen MR) is 95.0 cm³/mol. The summed E-state index contributed by atoms with van der Waals surface area (Å²) >= 11 is 7.14. The molecule has 26 heavy (non-hydrogen) atoms. The number of nitrogens with zero attached hydrogens (tertiary/aromatic N) is 2. The lowest BCUT2D eigenvalue weighted by Crippen LogP contribution is -2.04. The van der Waals surface area contributed by atoms with Crippen LogP contribution in [0.5, 0.6) is 0 Å². The zero-order chi connectivity index (χ0) is 18.7. The molecule has 0 spiro atoms. The highest BCUT2D eigenvalue weighted by atomic mass is 35.5. The van der Waals surface area contributed by atoms with Crippen LogP contribution in [0.1, 0.15) is 11.1 Å². The Bertz CT molecular complexity index is 979. The summed E-state index contributed by atoms with van der Waals surface area (Å²) < 4.78 is 38.6. The lowest BCUT2D eigenvalue weighted by molar-refractivity contribution is -0.137. The minimum Gasteiger partial charge on any atom is -0.248 e. The minimum absolute atomic E-state index is 0.292. The van der Waals surface area contributed by atoms with Crippen LogP contribution in [-0.2, 0) is 6.18 Å². The average molecular weight is 391 g/mol. The van der Waals surface area contributed by atoms with E-state index in [2.05, 4.69) is 11.1 Å². The zero-order valence-corrected chi connectivity index (χ0v) is 14.7. The summed E-state index contributed by atoms with van der Waals surface area (Å²) in [6.07, 6.45) is -2.96. The maximum atomic E-state index is 12.9. The normalized spacial score (nSPS) is 11.2. The molecule has 0 radical (unpaired) electrons. The van der Waals surface area contributed by atoms with Crippen molar-refractivity contribution in [3.63, 3.8) is 0 Å². The highest BCUT2D eigenvalue weighted by Gasteiger charge is 2.30. The van der Waals surface area contributed by atoms with Crippen LogP contribution in [-0.4, -0.2) is 4.98 Å². The van der Waals surface area contributed by atoms with Crippen LogP contribution in [0.15, 0.2) is 70.7 Å². The topological polar surface area (TPSA) is 36.7 Å². The van der Waals surface area contributed by atoms with Gasteiger partial charge in [-0.3, -0.25) is 0 Å². The fraction of sp³-hybridized carbons (Fsp3) is 0.0526. The molecule has 1 heterocycles. The molecular weight excluding hydrogens is 381 g/mol. The highest BCUT2D eigenvalue weighted by molar-refractivity contribution is 7.99. The number of rotatable bonds is 3. The number of halogens is 4. The van der Waals surface area contributed by atoms with Crippen molar-refractivity contribution in [1.82, 2.24) is 4.98 Å². The summed E-state index contributed by atoms with van der Waals surface area (Å²) in [4.78, 5) is 5.11. The van der Waals surface area contributed by atoms with E-state index >= 15 is 0 Å². The van der Waals surface area contributed by atoms with E-state index in [1.165, 1.54) is 24.0 Å². The van der Waals surface area contributed by atoms with Gasteiger partial charge in [0.25, 0.3) is 0 Å². The smallest absolute Gasteiger partial charge is 0.248 e. The minimum atomic E-state index is -4.42. The van der Waals surface area contributed by atoms with Gasteiger partial charge in [0, 0.05) is 21.7 Å². The average Bonchev–Trinajstić information content (AvgIpc) is 2.63. The number of nitriles is 1. The SMILES string of the molecule is N#Cc1cc(-c2cccc(C(F)(F)F)c2)cnc1Sc1ccc(Cl)cc1. The van der Waals surface area contributed by atoms with Gasteiger partial charge in [0.1, 0.15) is 11.1 Å². The van der Waals surface area contributed by atoms with Crippen LogP contribution in [0, 0.1) is 11.3 Å². The molecular formula is C19H10ClF3N2S. The van der Waals surface area contributed by atoms with E-state index < -0.39 is 11.7 Å². The molecule has 0 bridgehead atoms. The van der Waals surface area contributed by atoms with Crippen molar-refractivity contribution in [2.75, 3.05) is 0 Å². The van der Waals surface area contributed by atoms with E-state index in [1.807, 2.05) is 0 Å². The van der Waals surface area contributed by atoms with E-state index in [-0.39, 0.29) is 0 Å². The molecule has 0 atom stereocenters. The summed E-state index contributed by atoms with van der Waals surface area (Å²) in [5.74, 6) is 0. The molecule has 130 valence electrons. The second-order valence-corrected chi connectivity index (χ2v) is 6.82. The van der Waals surface area contributed by atoms with Gasteiger partial charge in [-0.05, 0) is 48.0 Å². The Labute approximate surface area is 157 Å². The molecule has 0 aliphatic heterocycles. The Morgan fingerprint density at radius 3 is 2.38 bits per heavy atom. The van der Waals surface area contributed by atoms with Gasteiger partial charge in [-0.15, -0.1) is 0 Å². The molecule has 2 aromatic carbocycles. The van der Waals surface area contributed by atoms with Gasteiger partial charge in [-0.1, -0.05) is 35.5 Å². The molecule has 0 aliphatic carbocycles. The van der Waals surface area contributed by atoms with Crippen molar-refractivity contribution >= 4 is 23.4 Å². The quantitative estimate of drug-likeness (QED) is 0.516. The first kappa shape index (κ1) is 18.3. The predicted octanol–water partition coefficient (Wildman–Crippen LogP) is 6.44. The first-order valence-corrected chi connectivity index (χ1v) is 8.57. The van der Waals surface area contributed by atoms with Crippen LogP contribution >= 0.6 is 23.4 Å². The summed E-state index contributed by atoms with van der Waals surface area (Å²) in [5.41, 5.74) is 0.355. The van der Waals surface area contributed by atoms with Crippen molar-refractivity contribution in [1.29, 1.82) is 5.26 Å². The largest absolute Gasteiger partial charge is 0.416 e. The first-order chi connectivity index (χ1) is 12.4. The molecule has 3 rings (SSSR count). The first-order valence-electron chi connectivity index (χ1n) is 7.38. The molecule has 0 aliphatic rings. The molecule has 0 fully saturated rings. The van der Waals surface area contributed by atoms with Gasteiger partial charge >= 0.3 is 6.18 Å². The van der Waals surface area contributed by atoms with Crippen LogP contribution in [0.25, 0.3) is 11.1 Å². The number of aromatic nitrogens is 1. The van der Waals surface area contributed by atoms with E-state index in [4.69, 9.17) is 11.6 Å². The molecule has 7 heteroatoms. The lowest BCUT2D eigenvalue weighted by Gasteiger charge is -2.10. The van der Waals surface area contributed by atoms with Crippen molar-refractivity contribution in [3.8, 4) is 17.2 Å². The molecule has 0 N–H and O–H groups in total. The standard InChI is InChI=1S/C19H10ClF3N2S/c20-16-4-6-17(7-5-16)26-18-13(10-24)8-14(11-25-18)12-2-1-3-15(9-12)19(21,22)23/h1-9,11H. The van der Waals surface area contributed by atoms with Crippen molar-refractivity contribution in [2.45, 2.75) is 16.1 Å². The third-order valence-electron chi connectivity index (χ3n) is 3.52. The Hall–Kier alpha value is -2.49. The molecule has 1 aromatic heterocycles. The Kier molecular flexibility index (Phi) is 5.21. The third kappa shape index (κ3) is 4.18. The number of benzene rings is 2. The summed E-state index contributed by atoms with van der Waals surface area (Å²) in [7, 11) is 0. The monoisotopic (exact) mass is 390 g/mol. The van der Waals surface area contributed by atoms with Crippen molar-refractivity contribution < 1.29 is 13.2 Å². The van der Waals surface area contributed by atoms with E-state index in [0.29, 0.717) is 26.7 Å². The maximum Gasteiger partial charge on any atom is 0.416 e. The highest BCUT2D eigenvalue weighted by Crippen LogP contribution is 2.34. The van der Waals surface area contributed by atoms with E-state index in [9.17, 15) is 18.4 Å². The van der Waals surface area contributed by atoms with E-state index in [1.54, 1.807) is 36.4 Å². The van der Waals surface area contributed by atoms with Crippen LogP contribution in [0.4, 0.5) is 13.2 Å². The molecule has 0 unspecified atom stereocenters. The van der Waals surface area contributed by atoms with E-state index in [0.717, 1.165) is 17.0 Å². The molecule has 0 saturated heterocycles. The second kappa shape index (κ2) is 7.40. The van der Waals surface area contributed by atoms with Crippen molar-refractivity contribution in [2.24, 2.45) is 0 Å². The van der Waals surface area contributed by atoms with Gasteiger partial charge in [0.2, 0.25) is 0 Å². The Morgan fingerprint density at radius 2 is 1.73 bits per heavy atom. The molecule has 0 saturated carbocycles. The van der Waals surface area contributed by atoms with Gasteiger partial charge in [0.15, 0.2) is 0 Å². The number of pyridine rings is 1. The van der Waals surface area contributed by atoms with Crippen LogP contribution < -0.4 is 0 Å². The van der Waals surface area contributed by atoms with Crippen LogP contribution in [0.2, 0.25) is 5.02 Å². The van der Waals surface area contributed by atoms with Gasteiger partial charge < -0.3 is 0 Å². The second-order valence-electron chi connectivity index (χ2n) is 5.32. The number of hydrogen-bond acceptors (Lipinski definition) is 3. The molecule has 2 nitrogen and oxygen atoms in total. The summed E-state index contributed by atoms with van der Waals surface area (Å²) in [5, 5.41) is 10.5. The Morgan fingerprint density at radius 1 is 1.00 bits per heavy atom. The van der Waals surface area contributed by atoms with Crippen LogP contribution in [0.3, 0.4) is 0 Å². The number of hydrogen-bond donors (Lipinski definition) is 0. The molecule has 3 aromatic rings. The molecule has 0 amide bonds. The fourth-order valence-electron chi connectivity index (χ4n) is 2.26. The van der Waals surface area contributed by atoms with Gasteiger partial charge in [-0.25, -0.2) is 4.98 Å². The fourth-order valence-corrected chi connectivity index (χ4v) is 3.20. The lowest BCUT2D eigenvalue weighted by atomic mass is 10.0. The maximum absolute atomic E-state index is 12.9. The third-order valence-corrected chi connectivity index (χ3v) is 4.80. The summed E-state index contributed by atoms with van der Waals surface area (Å²) in [6.45, 7) is 0.